The lowest BCUT2D eigenvalue weighted by Gasteiger charge is -2.31. The van der Waals surface area contributed by atoms with E-state index in [0.29, 0.717) is 35.7 Å². The molecule has 3 aliphatic rings. The minimum atomic E-state index is -1.03. The van der Waals surface area contributed by atoms with Gasteiger partial charge in [-0.25, -0.2) is 13.2 Å². The van der Waals surface area contributed by atoms with Gasteiger partial charge in [0.15, 0.2) is 5.82 Å². The molecule has 43 heavy (non-hydrogen) atoms. The standard InChI is InChI=1S/C31H32F3N5O4/c1-2-19-22(33)5-4-16-8-18(40)9-20(25(16)19)27-26(34)28-21(11-35-27)29(38-13-23(41)24(42)14-38)37-30(36-28)43-15-31-6-3-7-39(31)12-17(32)10-31/h4-5,8-9,11,17,23-24,40-42H,2-3,6-7,10,12-15H2,1H3/t17-,23-,24+,31+/m1/s1. The van der Waals surface area contributed by atoms with E-state index in [1.165, 1.54) is 30.5 Å². The number of rotatable bonds is 6. The molecule has 2 aromatic heterocycles. The van der Waals surface area contributed by atoms with E-state index in [2.05, 4.69) is 19.9 Å². The number of hydrogen-bond acceptors (Lipinski definition) is 9. The van der Waals surface area contributed by atoms with Crippen LogP contribution < -0.4 is 9.64 Å². The number of benzene rings is 2. The highest BCUT2D eigenvalue weighted by Crippen LogP contribution is 2.42. The van der Waals surface area contributed by atoms with Crippen LogP contribution in [0.15, 0.2) is 30.5 Å². The molecule has 3 aliphatic heterocycles. The van der Waals surface area contributed by atoms with Gasteiger partial charge in [0.2, 0.25) is 0 Å². The fraction of sp³-hybridized carbons (Fsp3) is 0.452. The first kappa shape index (κ1) is 28.1. The molecular weight excluding hydrogens is 563 g/mol. The predicted molar refractivity (Wildman–Crippen MR) is 154 cm³/mol. The number of halogens is 3. The molecule has 0 saturated carbocycles. The molecule has 4 atom stereocenters. The number of aliphatic hydroxyl groups is 2. The number of hydrogen-bond donors (Lipinski definition) is 3. The van der Waals surface area contributed by atoms with Crippen molar-refractivity contribution in [1.29, 1.82) is 0 Å². The van der Waals surface area contributed by atoms with E-state index in [0.717, 1.165) is 19.4 Å². The monoisotopic (exact) mass is 595 g/mol. The van der Waals surface area contributed by atoms with E-state index in [1.807, 2.05) is 0 Å². The van der Waals surface area contributed by atoms with Crippen LogP contribution in [0.4, 0.5) is 19.0 Å². The molecule has 0 unspecified atom stereocenters. The molecular formula is C31H32F3N5O4. The third kappa shape index (κ3) is 4.63. The zero-order valence-corrected chi connectivity index (χ0v) is 23.6. The van der Waals surface area contributed by atoms with Gasteiger partial charge < -0.3 is 25.0 Å². The Morgan fingerprint density at radius 3 is 2.65 bits per heavy atom. The van der Waals surface area contributed by atoms with Crippen LogP contribution in [0.5, 0.6) is 11.8 Å². The maximum Gasteiger partial charge on any atom is 0.319 e. The summed E-state index contributed by atoms with van der Waals surface area (Å²) >= 11 is 0. The first-order valence-electron chi connectivity index (χ1n) is 14.6. The topological polar surface area (TPSA) is 115 Å². The summed E-state index contributed by atoms with van der Waals surface area (Å²) in [5.74, 6) is -1.18. The zero-order chi connectivity index (χ0) is 30.0. The number of aromatic nitrogens is 3. The lowest BCUT2D eigenvalue weighted by atomic mass is 9.94. The van der Waals surface area contributed by atoms with E-state index in [-0.39, 0.29) is 59.4 Å². The van der Waals surface area contributed by atoms with Gasteiger partial charge in [0.05, 0.1) is 23.1 Å². The van der Waals surface area contributed by atoms with Crippen LogP contribution in [0.1, 0.15) is 31.7 Å². The smallest absolute Gasteiger partial charge is 0.319 e. The number of anilines is 1. The Balaban J connectivity index is 1.38. The first-order chi connectivity index (χ1) is 20.7. The van der Waals surface area contributed by atoms with Crippen LogP contribution in [0, 0.1) is 11.6 Å². The molecule has 4 aromatic rings. The normalized spacial score (nSPS) is 25.7. The van der Waals surface area contributed by atoms with Gasteiger partial charge in [-0.05, 0) is 60.3 Å². The molecule has 0 amide bonds. The van der Waals surface area contributed by atoms with E-state index in [1.54, 1.807) is 11.8 Å². The Morgan fingerprint density at radius 2 is 1.88 bits per heavy atom. The molecule has 7 rings (SSSR count). The fourth-order valence-electron chi connectivity index (χ4n) is 7.14. The number of phenolic OH excluding ortho intramolecular Hbond substituents is 1. The Kier molecular flexibility index (Phi) is 6.82. The van der Waals surface area contributed by atoms with Gasteiger partial charge in [-0.2, -0.15) is 9.97 Å². The quantitative estimate of drug-likeness (QED) is 0.306. The van der Waals surface area contributed by atoms with Gasteiger partial charge in [-0.3, -0.25) is 9.88 Å². The number of fused-ring (bicyclic) bond motifs is 3. The number of ether oxygens (including phenoxy) is 1. The van der Waals surface area contributed by atoms with Gasteiger partial charge in [0, 0.05) is 37.8 Å². The molecule has 3 saturated heterocycles. The molecule has 0 aliphatic carbocycles. The highest BCUT2D eigenvalue weighted by molar-refractivity contribution is 6.01. The minimum absolute atomic E-state index is 0.0493. The lowest BCUT2D eigenvalue weighted by molar-refractivity contribution is 0.0572. The molecule has 3 fully saturated rings. The van der Waals surface area contributed by atoms with Crippen molar-refractivity contribution in [2.45, 2.75) is 56.5 Å². The number of aryl methyl sites for hydroxylation is 1. The summed E-state index contributed by atoms with van der Waals surface area (Å²) < 4.78 is 51.9. The second-order valence-electron chi connectivity index (χ2n) is 11.9. The maximum absolute atomic E-state index is 16.6. The van der Waals surface area contributed by atoms with E-state index in [4.69, 9.17) is 4.74 Å². The van der Waals surface area contributed by atoms with E-state index < -0.39 is 35.6 Å². The SMILES string of the molecule is CCc1c(F)ccc2cc(O)cc(-c3ncc4c(N5C[C@@H](O)[C@@H](O)C5)nc(OC[C@@]56CCCN5C[C@H](F)C6)nc4c3F)c12. The average Bonchev–Trinajstić information content (AvgIpc) is 3.62. The van der Waals surface area contributed by atoms with Gasteiger partial charge in [-0.1, -0.05) is 13.0 Å². The fourth-order valence-corrected chi connectivity index (χ4v) is 7.14. The number of aliphatic hydroxyl groups excluding tert-OH is 2. The summed E-state index contributed by atoms with van der Waals surface area (Å²) in [4.78, 5) is 17.1. The van der Waals surface area contributed by atoms with Crippen molar-refractivity contribution in [1.82, 2.24) is 19.9 Å². The van der Waals surface area contributed by atoms with Crippen LogP contribution in [0.25, 0.3) is 32.9 Å². The molecule has 226 valence electrons. The van der Waals surface area contributed by atoms with Crippen LogP contribution in [-0.4, -0.2) is 91.9 Å². The van der Waals surface area contributed by atoms with Crippen molar-refractivity contribution in [3.05, 3.63) is 47.7 Å². The summed E-state index contributed by atoms with van der Waals surface area (Å²) in [5.41, 5.74) is -0.170. The van der Waals surface area contributed by atoms with Crippen molar-refractivity contribution in [3.63, 3.8) is 0 Å². The third-order valence-electron chi connectivity index (χ3n) is 9.19. The summed E-state index contributed by atoms with van der Waals surface area (Å²) in [5, 5.41) is 32.2. The zero-order valence-electron chi connectivity index (χ0n) is 23.6. The second-order valence-corrected chi connectivity index (χ2v) is 11.9. The maximum atomic E-state index is 16.6. The number of nitrogens with zero attached hydrogens (tertiary/aromatic N) is 5. The lowest BCUT2D eigenvalue weighted by Crippen LogP contribution is -2.43. The summed E-state index contributed by atoms with van der Waals surface area (Å²) in [6, 6.07) is 5.56. The van der Waals surface area contributed by atoms with Crippen LogP contribution in [0.2, 0.25) is 0 Å². The Bertz CT molecular complexity index is 1730. The van der Waals surface area contributed by atoms with Gasteiger partial charge in [0.1, 0.15) is 41.4 Å². The number of phenols is 1. The molecule has 0 radical (unpaired) electrons. The van der Waals surface area contributed by atoms with Gasteiger partial charge in [0.25, 0.3) is 0 Å². The van der Waals surface area contributed by atoms with Crippen molar-refractivity contribution in [2.75, 3.05) is 37.7 Å². The molecule has 9 nitrogen and oxygen atoms in total. The molecule has 0 bridgehead atoms. The minimum Gasteiger partial charge on any atom is -0.508 e. The van der Waals surface area contributed by atoms with Gasteiger partial charge >= 0.3 is 6.01 Å². The molecule has 3 N–H and O–H groups in total. The molecule has 0 spiro atoms. The number of β-amino-alcohol motifs (C(OH)–C–C–N with tert-alkyl or cyclic N) is 2. The van der Waals surface area contributed by atoms with E-state index in [9.17, 15) is 24.1 Å². The Morgan fingerprint density at radius 1 is 1.09 bits per heavy atom. The summed E-state index contributed by atoms with van der Waals surface area (Å²) in [6.07, 6.45) is 0.738. The van der Waals surface area contributed by atoms with Crippen LogP contribution >= 0.6 is 0 Å². The summed E-state index contributed by atoms with van der Waals surface area (Å²) in [6.45, 7) is 3.14. The first-order valence-corrected chi connectivity index (χ1v) is 14.6. The summed E-state index contributed by atoms with van der Waals surface area (Å²) in [7, 11) is 0. The molecule has 5 heterocycles. The highest BCUT2D eigenvalue weighted by atomic mass is 19.1. The van der Waals surface area contributed by atoms with E-state index >= 15 is 4.39 Å². The van der Waals surface area contributed by atoms with Crippen molar-refractivity contribution >= 4 is 27.5 Å². The number of aromatic hydroxyl groups is 1. The Labute approximate surface area is 245 Å². The van der Waals surface area contributed by atoms with Crippen molar-refractivity contribution in [3.8, 4) is 23.0 Å². The van der Waals surface area contributed by atoms with Crippen molar-refractivity contribution in [2.24, 2.45) is 0 Å². The predicted octanol–water partition coefficient (Wildman–Crippen LogP) is 3.89. The third-order valence-corrected chi connectivity index (χ3v) is 9.19. The van der Waals surface area contributed by atoms with Gasteiger partial charge in [-0.15, -0.1) is 0 Å². The Hall–Kier alpha value is -3.74. The highest BCUT2D eigenvalue weighted by Gasteiger charge is 2.49. The largest absolute Gasteiger partial charge is 0.508 e. The second kappa shape index (κ2) is 10.5. The van der Waals surface area contributed by atoms with Crippen molar-refractivity contribution < 1.29 is 33.2 Å². The average molecular weight is 596 g/mol. The number of pyridine rings is 1. The molecule has 2 aromatic carbocycles. The number of alkyl halides is 1. The molecule has 12 heteroatoms. The van der Waals surface area contributed by atoms with Crippen LogP contribution in [-0.2, 0) is 6.42 Å². The van der Waals surface area contributed by atoms with Crippen LogP contribution in [0.3, 0.4) is 0 Å².